The standard InChI is InChI=1S/C19H15NO5/c1-23-19(22)14-11-20(15-5-3-2-4-13(14)15)18(21)12-6-7-16-17(10-12)25-9-8-24-16/h2-7,10-11H,8-9H2,1H3. The second kappa shape index (κ2) is 5.98. The van der Waals surface area contributed by atoms with E-state index >= 15 is 0 Å². The average Bonchev–Trinajstić information content (AvgIpc) is 3.06. The number of rotatable bonds is 2. The predicted molar refractivity (Wildman–Crippen MR) is 90.4 cm³/mol. The van der Waals surface area contributed by atoms with Crippen molar-refractivity contribution in [2.45, 2.75) is 0 Å². The fourth-order valence-corrected chi connectivity index (χ4v) is 2.94. The van der Waals surface area contributed by atoms with Gasteiger partial charge >= 0.3 is 5.97 Å². The largest absolute Gasteiger partial charge is 0.486 e. The molecule has 3 aromatic rings. The second-order valence-corrected chi connectivity index (χ2v) is 5.59. The van der Waals surface area contributed by atoms with Crippen molar-refractivity contribution >= 4 is 22.8 Å². The molecule has 4 rings (SSSR count). The van der Waals surface area contributed by atoms with E-state index < -0.39 is 5.97 Å². The summed E-state index contributed by atoms with van der Waals surface area (Å²) < 4.78 is 17.3. The highest BCUT2D eigenvalue weighted by Crippen LogP contribution is 2.31. The van der Waals surface area contributed by atoms with Crippen LogP contribution in [0.3, 0.4) is 0 Å². The number of fused-ring (bicyclic) bond motifs is 2. The molecule has 0 spiro atoms. The van der Waals surface area contributed by atoms with E-state index in [1.807, 2.05) is 12.1 Å². The van der Waals surface area contributed by atoms with E-state index in [9.17, 15) is 9.59 Å². The van der Waals surface area contributed by atoms with Gasteiger partial charge < -0.3 is 14.2 Å². The molecule has 6 heteroatoms. The maximum atomic E-state index is 13.0. The highest BCUT2D eigenvalue weighted by molar-refractivity contribution is 6.10. The number of hydrogen-bond donors (Lipinski definition) is 0. The van der Waals surface area contributed by atoms with Crippen LogP contribution in [0, 0.1) is 0 Å². The van der Waals surface area contributed by atoms with Gasteiger partial charge in [-0.25, -0.2) is 4.79 Å². The number of ether oxygens (including phenoxy) is 3. The number of methoxy groups -OCH3 is 1. The Labute approximate surface area is 143 Å². The Hall–Kier alpha value is -3.28. The third-order valence-electron chi connectivity index (χ3n) is 4.13. The van der Waals surface area contributed by atoms with Crippen molar-refractivity contribution in [2.24, 2.45) is 0 Å². The van der Waals surface area contributed by atoms with Crippen LogP contribution < -0.4 is 9.47 Å². The Morgan fingerprint density at radius 2 is 1.80 bits per heavy atom. The molecule has 0 N–H and O–H groups in total. The van der Waals surface area contributed by atoms with E-state index in [-0.39, 0.29) is 5.91 Å². The Morgan fingerprint density at radius 3 is 2.60 bits per heavy atom. The number of hydrogen-bond acceptors (Lipinski definition) is 5. The molecule has 0 saturated heterocycles. The molecule has 1 aliphatic rings. The third-order valence-corrected chi connectivity index (χ3v) is 4.13. The summed E-state index contributed by atoms with van der Waals surface area (Å²) in [6.45, 7) is 0.939. The van der Waals surface area contributed by atoms with Crippen LogP contribution >= 0.6 is 0 Å². The van der Waals surface area contributed by atoms with Gasteiger partial charge in [-0.2, -0.15) is 0 Å². The number of para-hydroxylation sites is 1. The Bertz CT molecular complexity index is 989. The zero-order valence-electron chi connectivity index (χ0n) is 13.5. The van der Waals surface area contributed by atoms with Crippen molar-refractivity contribution in [3.63, 3.8) is 0 Å². The van der Waals surface area contributed by atoms with Crippen LogP contribution in [0.4, 0.5) is 0 Å². The monoisotopic (exact) mass is 337 g/mol. The van der Waals surface area contributed by atoms with Gasteiger partial charge in [0.05, 0.1) is 18.2 Å². The number of esters is 1. The zero-order chi connectivity index (χ0) is 17.4. The lowest BCUT2D eigenvalue weighted by molar-refractivity contribution is 0.0603. The fourth-order valence-electron chi connectivity index (χ4n) is 2.94. The van der Waals surface area contributed by atoms with Crippen molar-refractivity contribution in [3.05, 3.63) is 59.8 Å². The summed E-state index contributed by atoms with van der Waals surface area (Å²) in [7, 11) is 1.32. The predicted octanol–water partition coefficient (Wildman–Crippen LogP) is 2.89. The van der Waals surface area contributed by atoms with Crippen LogP contribution in [0.25, 0.3) is 10.9 Å². The molecule has 1 aliphatic heterocycles. The maximum Gasteiger partial charge on any atom is 0.340 e. The normalized spacial score (nSPS) is 12.8. The van der Waals surface area contributed by atoms with Crippen LogP contribution in [0.5, 0.6) is 11.5 Å². The first kappa shape index (κ1) is 15.3. The molecule has 0 radical (unpaired) electrons. The van der Waals surface area contributed by atoms with Gasteiger partial charge in [-0.15, -0.1) is 0 Å². The zero-order valence-corrected chi connectivity index (χ0v) is 13.5. The van der Waals surface area contributed by atoms with Gasteiger partial charge in [-0.3, -0.25) is 9.36 Å². The minimum Gasteiger partial charge on any atom is -0.486 e. The molecule has 1 aromatic heterocycles. The Morgan fingerprint density at radius 1 is 1.04 bits per heavy atom. The molecule has 0 aliphatic carbocycles. The summed E-state index contributed by atoms with van der Waals surface area (Å²) in [6, 6.07) is 12.3. The van der Waals surface area contributed by atoms with Crippen LogP contribution in [0.15, 0.2) is 48.7 Å². The first-order valence-electron chi connectivity index (χ1n) is 7.82. The molecule has 126 valence electrons. The third kappa shape index (κ3) is 2.52. The van der Waals surface area contributed by atoms with Crippen molar-refractivity contribution in [2.75, 3.05) is 20.3 Å². The summed E-state index contributed by atoms with van der Waals surface area (Å²) in [5.41, 5.74) is 1.44. The summed E-state index contributed by atoms with van der Waals surface area (Å²) in [5, 5.41) is 0.667. The Kier molecular flexibility index (Phi) is 3.65. The average molecular weight is 337 g/mol. The van der Waals surface area contributed by atoms with Gasteiger partial charge in [-0.05, 0) is 24.3 Å². The molecule has 0 bridgehead atoms. The van der Waals surface area contributed by atoms with Crippen molar-refractivity contribution in [1.29, 1.82) is 0 Å². The van der Waals surface area contributed by atoms with Crippen molar-refractivity contribution in [1.82, 2.24) is 4.57 Å². The minimum absolute atomic E-state index is 0.261. The quantitative estimate of drug-likeness (QED) is 0.673. The van der Waals surface area contributed by atoms with Gasteiger partial charge in [0.25, 0.3) is 5.91 Å². The molecule has 0 atom stereocenters. The molecule has 2 aromatic carbocycles. The van der Waals surface area contributed by atoms with Gasteiger partial charge in [0, 0.05) is 17.1 Å². The Balaban J connectivity index is 1.82. The van der Waals surface area contributed by atoms with Crippen LogP contribution in [0.1, 0.15) is 20.7 Å². The lowest BCUT2D eigenvalue weighted by atomic mass is 10.1. The topological polar surface area (TPSA) is 66.8 Å². The highest BCUT2D eigenvalue weighted by atomic mass is 16.6. The van der Waals surface area contributed by atoms with Crippen molar-refractivity contribution < 1.29 is 23.8 Å². The number of nitrogens with zero attached hydrogens (tertiary/aromatic N) is 1. The van der Waals surface area contributed by atoms with E-state index in [4.69, 9.17) is 14.2 Å². The summed E-state index contributed by atoms with van der Waals surface area (Å²) in [4.78, 5) is 25.0. The summed E-state index contributed by atoms with van der Waals surface area (Å²) in [6.07, 6.45) is 1.51. The van der Waals surface area contributed by atoms with Gasteiger partial charge in [0.2, 0.25) is 0 Å². The van der Waals surface area contributed by atoms with E-state index in [1.165, 1.54) is 17.9 Å². The molecule has 0 fully saturated rings. The molecular formula is C19H15NO5. The highest BCUT2D eigenvalue weighted by Gasteiger charge is 2.21. The van der Waals surface area contributed by atoms with E-state index in [0.717, 1.165) is 0 Å². The molecular weight excluding hydrogens is 322 g/mol. The molecule has 0 unspecified atom stereocenters. The van der Waals surface area contributed by atoms with E-state index in [0.29, 0.717) is 46.7 Å². The van der Waals surface area contributed by atoms with E-state index in [2.05, 4.69) is 0 Å². The first-order chi connectivity index (χ1) is 12.2. The second-order valence-electron chi connectivity index (χ2n) is 5.59. The molecule has 0 saturated carbocycles. The van der Waals surface area contributed by atoms with Gasteiger partial charge in [-0.1, -0.05) is 18.2 Å². The first-order valence-corrected chi connectivity index (χ1v) is 7.82. The maximum absolute atomic E-state index is 13.0. The molecule has 6 nitrogen and oxygen atoms in total. The van der Waals surface area contributed by atoms with Crippen molar-refractivity contribution in [3.8, 4) is 11.5 Å². The summed E-state index contributed by atoms with van der Waals surface area (Å²) in [5.74, 6) is 0.422. The SMILES string of the molecule is COC(=O)c1cn(C(=O)c2ccc3c(c2)OCCO3)c2ccccc12. The molecule has 25 heavy (non-hydrogen) atoms. The molecule has 2 heterocycles. The lowest BCUT2D eigenvalue weighted by Gasteiger charge is -2.18. The van der Waals surface area contributed by atoms with Crippen LogP contribution in [-0.4, -0.2) is 36.8 Å². The van der Waals surface area contributed by atoms with E-state index in [1.54, 1.807) is 30.3 Å². The smallest absolute Gasteiger partial charge is 0.340 e. The number of carbonyl (C=O) groups excluding carboxylic acids is 2. The van der Waals surface area contributed by atoms with Gasteiger partial charge in [0.15, 0.2) is 11.5 Å². The van der Waals surface area contributed by atoms with Crippen LogP contribution in [-0.2, 0) is 4.74 Å². The number of benzene rings is 2. The molecule has 0 amide bonds. The summed E-state index contributed by atoms with van der Waals surface area (Å²) >= 11 is 0. The minimum atomic E-state index is -0.482. The number of carbonyl (C=O) groups is 2. The fraction of sp³-hybridized carbons (Fsp3) is 0.158. The van der Waals surface area contributed by atoms with Crippen LogP contribution in [0.2, 0.25) is 0 Å². The number of aromatic nitrogens is 1. The van der Waals surface area contributed by atoms with Gasteiger partial charge in [0.1, 0.15) is 13.2 Å². The lowest BCUT2D eigenvalue weighted by Crippen LogP contribution is -2.17.